The molecule has 0 saturated heterocycles. The smallest absolute Gasteiger partial charge is 0.407 e. The van der Waals surface area contributed by atoms with Gasteiger partial charge in [0.05, 0.1) is 6.54 Å². The zero-order valence-corrected chi connectivity index (χ0v) is 16.0. The number of aldehydes is 1. The lowest BCUT2D eigenvalue weighted by Gasteiger charge is -2.19. The maximum absolute atomic E-state index is 14.4. The van der Waals surface area contributed by atoms with E-state index in [1.807, 2.05) is 0 Å². The van der Waals surface area contributed by atoms with Crippen LogP contribution in [0, 0.1) is 12.7 Å². The predicted octanol–water partition coefficient (Wildman–Crippen LogP) is 4.52. The van der Waals surface area contributed by atoms with Gasteiger partial charge in [0.1, 0.15) is 30.1 Å². The summed E-state index contributed by atoms with van der Waals surface area (Å²) >= 11 is 0. The number of carbonyl (C=O) groups excluding carboxylic acids is 2. The Labute approximate surface area is 158 Å². The number of alkyl carbamates (subject to hydrolysis) is 1. The lowest BCUT2D eigenvalue weighted by Crippen LogP contribution is -2.34. The van der Waals surface area contributed by atoms with Gasteiger partial charge in [0, 0.05) is 11.1 Å². The largest absolute Gasteiger partial charge is 0.492 e. The molecule has 0 aromatic heterocycles. The molecule has 0 saturated carbocycles. The van der Waals surface area contributed by atoms with Crippen LogP contribution in [0.3, 0.4) is 0 Å². The van der Waals surface area contributed by atoms with Gasteiger partial charge in [-0.15, -0.1) is 0 Å². The number of ether oxygens (including phenoxy) is 2. The lowest BCUT2D eigenvalue weighted by atomic mass is 10.0. The van der Waals surface area contributed by atoms with Crippen LogP contribution in [0.1, 0.15) is 36.7 Å². The van der Waals surface area contributed by atoms with Crippen LogP contribution < -0.4 is 10.1 Å². The molecule has 144 valence electrons. The molecule has 1 amide bonds. The Kier molecular flexibility index (Phi) is 6.55. The van der Waals surface area contributed by atoms with Crippen LogP contribution in [0.25, 0.3) is 11.1 Å². The Morgan fingerprint density at radius 1 is 1.22 bits per heavy atom. The van der Waals surface area contributed by atoms with E-state index >= 15 is 0 Å². The van der Waals surface area contributed by atoms with Crippen LogP contribution in [-0.2, 0) is 4.74 Å². The molecule has 2 rings (SSSR count). The van der Waals surface area contributed by atoms with Crippen LogP contribution in [0.15, 0.2) is 36.4 Å². The minimum Gasteiger partial charge on any atom is -0.492 e. The first-order valence-electron chi connectivity index (χ1n) is 8.65. The molecule has 0 bridgehead atoms. The number of amides is 1. The summed E-state index contributed by atoms with van der Waals surface area (Å²) in [6.07, 6.45) is 0.151. The molecule has 27 heavy (non-hydrogen) atoms. The second-order valence-electron chi connectivity index (χ2n) is 7.12. The van der Waals surface area contributed by atoms with Crippen LogP contribution >= 0.6 is 0 Å². The van der Waals surface area contributed by atoms with Crippen molar-refractivity contribution in [3.63, 3.8) is 0 Å². The first-order valence-corrected chi connectivity index (χ1v) is 8.65. The average Bonchev–Trinajstić information content (AvgIpc) is 2.59. The molecule has 1 N–H and O–H groups in total. The minimum atomic E-state index is -0.573. The van der Waals surface area contributed by atoms with Gasteiger partial charge >= 0.3 is 6.09 Å². The van der Waals surface area contributed by atoms with E-state index in [9.17, 15) is 14.0 Å². The van der Waals surface area contributed by atoms with Gasteiger partial charge in [-0.1, -0.05) is 18.2 Å². The van der Waals surface area contributed by atoms with E-state index in [1.54, 1.807) is 64.1 Å². The Morgan fingerprint density at radius 2 is 1.96 bits per heavy atom. The Hall–Kier alpha value is -2.89. The van der Waals surface area contributed by atoms with Gasteiger partial charge in [-0.2, -0.15) is 0 Å². The molecule has 0 aliphatic heterocycles. The third-order valence-electron chi connectivity index (χ3n) is 3.61. The monoisotopic (exact) mass is 373 g/mol. The highest BCUT2D eigenvalue weighted by Crippen LogP contribution is 2.29. The molecule has 0 fully saturated rings. The van der Waals surface area contributed by atoms with E-state index < -0.39 is 11.7 Å². The number of nitrogens with one attached hydrogen (secondary N) is 1. The first-order chi connectivity index (χ1) is 12.7. The highest BCUT2D eigenvalue weighted by Gasteiger charge is 2.15. The Morgan fingerprint density at radius 3 is 2.63 bits per heavy atom. The molecular formula is C21H24FNO4. The molecule has 0 heterocycles. The van der Waals surface area contributed by atoms with Crippen molar-refractivity contribution >= 4 is 12.4 Å². The first kappa shape index (κ1) is 20.4. The van der Waals surface area contributed by atoms with Gasteiger partial charge in [0.15, 0.2) is 0 Å². The van der Waals surface area contributed by atoms with Gasteiger partial charge in [-0.25, -0.2) is 9.18 Å². The van der Waals surface area contributed by atoms with Crippen LogP contribution in [0.2, 0.25) is 0 Å². The van der Waals surface area contributed by atoms with Crippen molar-refractivity contribution in [2.24, 2.45) is 0 Å². The minimum absolute atomic E-state index is 0.178. The van der Waals surface area contributed by atoms with E-state index in [0.29, 0.717) is 34.3 Å². The zero-order valence-electron chi connectivity index (χ0n) is 16.0. The van der Waals surface area contributed by atoms with Crippen molar-refractivity contribution in [3.05, 3.63) is 53.3 Å². The number of carbonyl (C=O) groups is 2. The Balaban J connectivity index is 2.06. The van der Waals surface area contributed by atoms with Gasteiger partial charge in [-0.3, -0.25) is 4.79 Å². The second-order valence-corrected chi connectivity index (χ2v) is 7.12. The highest BCUT2D eigenvalue weighted by atomic mass is 19.1. The summed E-state index contributed by atoms with van der Waals surface area (Å²) < 4.78 is 25.1. The number of aryl methyl sites for hydroxylation is 1. The third kappa shape index (κ3) is 6.09. The Bertz CT molecular complexity index is 827. The number of benzene rings is 2. The van der Waals surface area contributed by atoms with Gasteiger partial charge in [0.2, 0.25) is 0 Å². The number of hydrogen-bond donors (Lipinski definition) is 1. The average molecular weight is 373 g/mol. The molecule has 0 aliphatic rings. The summed E-state index contributed by atoms with van der Waals surface area (Å²) in [7, 11) is 0. The predicted molar refractivity (Wildman–Crippen MR) is 102 cm³/mol. The third-order valence-corrected chi connectivity index (χ3v) is 3.61. The molecule has 6 heteroatoms. The van der Waals surface area contributed by atoms with E-state index in [0.717, 1.165) is 0 Å². The zero-order chi connectivity index (χ0) is 20.0. The maximum Gasteiger partial charge on any atom is 0.407 e. The molecule has 0 aliphatic carbocycles. The van der Waals surface area contributed by atoms with Crippen molar-refractivity contribution in [1.29, 1.82) is 0 Å². The lowest BCUT2D eigenvalue weighted by molar-refractivity contribution is 0.0520. The summed E-state index contributed by atoms with van der Waals surface area (Å²) in [4.78, 5) is 22.8. The van der Waals surface area contributed by atoms with Crippen LogP contribution in [0.4, 0.5) is 9.18 Å². The topological polar surface area (TPSA) is 64.6 Å². The summed E-state index contributed by atoms with van der Waals surface area (Å²) in [6.45, 7) is 7.42. The molecule has 5 nitrogen and oxygen atoms in total. The fourth-order valence-electron chi connectivity index (χ4n) is 2.44. The van der Waals surface area contributed by atoms with Gasteiger partial charge in [-0.05, 0) is 57.0 Å². The van der Waals surface area contributed by atoms with Crippen LogP contribution in [0.5, 0.6) is 5.75 Å². The van der Waals surface area contributed by atoms with Crippen molar-refractivity contribution in [2.75, 3.05) is 13.2 Å². The SMILES string of the molecule is Cc1cccc(-c2cc(C=O)cc(OCCNC(=O)OC(C)(C)C)c2)c1F. The van der Waals surface area contributed by atoms with E-state index in [-0.39, 0.29) is 19.0 Å². The molecule has 0 spiro atoms. The van der Waals surface area contributed by atoms with E-state index in [4.69, 9.17) is 9.47 Å². The van der Waals surface area contributed by atoms with Crippen molar-refractivity contribution in [1.82, 2.24) is 5.32 Å². The summed E-state index contributed by atoms with van der Waals surface area (Å²) in [6, 6.07) is 9.93. The van der Waals surface area contributed by atoms with Crippen molar-refractivity contribution in [2.45, 2.75) is 33.3 Å². The molecular weight excluding hydrogens is 349 g/mol. The quantitative estimate of drug-likeness (QED) is 0.597. The maximum atomic E-state index is 14.4. The van der Waals surface area contributed by atoms with Gasteiger partial charge < -0.3 is 14.8 Å². The number of rotatable bonds is 6. The normalized spacial score (nSPS) is 11.0. The summed E-state index contributed by atoms with van der Waals surface area (Å²) in [5.74, 6) is 0.0830. The van der Waals surface area contributed by atoms with E-state index in [2.05, 4.69) is 5.32 Å². The van der Waals surface area contributed by atoms with E-state index in [1.165, 1.54) is 0 Å². The van der Waals surface area contributed by atoms with Crippen molar-refractivity contribution < 1.29 is 23.5 Å². The standard InChI is InChI=1S/C21H24FNO4/c1-14-6-5-7-18(19(14)22)16-10-15(13-24)11-17(12-16)26-9-8-23-20(25)27-21(2,3)4/h5-7,10-13H,8-9H2,1-4H3,(H,23,25). The molecule has 0 radical (unpaired) electrons. The highest BCUT2D eigenvalue weighted by molar-refractivity contribution is 5.80. The van der Waals surface area contributed by atoms with Gasteiger partial charge in [0.25, 0.3) is 0 Å². The number of hydrogen-bond acceptors (Lipinski definition) is 4. The summed E-state index contributed by atoms with van der Waals surface area (Å²) in [5.41, 5.74) is 1.28. The molecule has 0 atom stereocenters. The summed E-state index contributed by atoms with van der Waals surface area (Å²) in [5, 5.41) is 2.59. The molecule has 2 aromatic rings. The second kappa shape index (κ2) is 8.66. The van der Waals surface area contributed by atoms with Crippen LogP contribution in [-0.4, -0.2) is 31.1 Å². The van der Waals surface area contributed by atoms with Crippen molar-refractivity contribution in [3.8, 4) is 16.9 Å². The fourth-order valence-corrected chi connectivity index (χ4v) is 2.44. The number of halogens is 1. The molecule has 2 aromatic carbocycles. The molecule has 0 unspecified atom stereocenters. The fraction of sp³-hybridized carbons (Fsp3) is 0.333.